The third kappa shape index (κ3) is 2.36. The summed E-state index contributed by atoms with van der Waals surface area (Å²) in [5, 5.41) is 12.6. The van der Waals surface area contributed by atoms with E-state index >= 15 is 0 Å². The topological polar surface area (TPSA) is 32.3 Å². The van der Waals surface area contributed by atoms with Crippen molar-refractivity contribution < 1.29 is 9.50 Å². The van der Waals surface area contributed by atoms with Crippen LogP contribution in [0.2, 0.25) is 0 Å². The van der Waals surface area contributed by atoms with Crippen LogP contribution in [0, 0.1) is 11.7 Å². The van der Waals surface area contributed by atoms with E-state index in [0.717, 1.165) is 24.9 Å². The monoisotopic (exact) mass is 209 g/mol. The molecule has 2 unspecified atom stereocenters. The molecule has 2 nitrogen and oxygen atoms in total. The lowest BCUT2D eigenvalue weighted by Crippen LogP contribution is -2.35. The molecule has 1 saturated heterocycles. The molecule has 2 rings (SSSR count). The van der Waals surface area contributed by atoms with Gasteiger partial charge in [0.05, 0.1) is 0 Å². The summed E-state index contributed by atoms with van der Waals surface area (Å²) in [6.07, 6.45) is 2.13. The first-order valence-electron chi connectivity index (χ1n) is 5.41. The van der Waals surface area contributed by atoms with Crippen molar-refractivity contribution >= 4 is 0 Å². The normalized spacial score (nSPS) is 26.5. The Morgan fingerprint density at radius 1 is 1.33 bits per heavy atom. The van der Waals surface area contributed by atoms with Crippen LogP contribution in [0.3, 0.4) is 0 Å². The Morgan fingerprint density at radius 3 is 2.73 bits per heavy atom. The van der Waals surface area contributed by atoms with Gasteiger partial charge in [-0.15, -0.1) is 0 Å². The smallest absolute Gasteiger partial charge is 0.123 e. The SMILES string of the molecule is OCC1CCCNC1c1ccc(F)cc1. The van der Waals surface area contributed by atoms with Gasteiger partial charge in [-0.3, -0.25) is 0 Å². The number of halogens is 1. The zero-order valence-corrected chi connectivity index (χ0v) is 8.62. The van der Waals surface area contributed by atoms with Crippen molar-refractivity contribution in [2.24, 2.45) is 5.92 Å². The molecule has 1 aliphatic rings. The van der Waals surface area contributed by atoms with E-state index in [1.165, 1.54) is 12.1 Å². The van der Waals surface area contributed by atoms with Crippen LogP contribution in [0.4, 0.5) is 4.39 Å². The Morgan fingerprint density at radius 2 is 2.07 bits per heavy atom. The zero-order valence-electron chi connectivity index (χ0n) is 8.62. The number of piperidine rings is 1. The lowest BCUT2D eigenvalue weighted by Gasteiger charge is -2.31. The predicted molar refractivity (Wildman–Crippen MR) is 57.0 cm³/mol. The largest absolute Gasteiger partial charge is 0.396 e. The molecule has 0 radical (unpaired) electrons. The van der Waals surface area contributed by atoms with E-state index in [9.17, 15) is 9.50 Å². The first kappa shape index (κ1) is 10.6. The molecule has 0 bridgehead atoms. The Hall–Kier alpha value is -0.930. The molecular formula is C12H16FNO. The second kappa shape index (κ2) is 4.73. The fraction of sp³-hybridized carbons (Fsp3) is 0.500. The van der Waals surface area contributed by atoms with E-state index in [1.807, 2.05) is 0 Å². The summed E-state index contributed by atoms with van der Waals surface area (Å²) in [7, 11) is 0. The molecule has 1 heterocycles. The minimum absolute atomic E-state index is 0.171. The standard InChI is InChI=1S/C12H16FNO/c13-11-5-3-9(4-6-11)12-10(8-15)2-1-7-14-12/h3-6,10,12,14-15H,1-2,7-8H2. The molecule has 1 aromatic carbocycles. The van der Waals surface area contributed by atoms with E-state index in [4.69, 9.17) is 0 Å². The molecule has 2 N–H and O–H groups in total. The predicted octanol–water partition coefficient (Wildman–Crippen LogP) is 1.86. The highest BCUT2D eigenvalue weighted by atomic mass is 19.1. The van der Waals surface area contributed by atoms with Gasteiger partial charge in [0, 0.05) is 18.6 Å². The fourth-order valence-corrected chi connectivity index (χ4v) is 2.21. The van der Waals surface area contributed by atoms with Crippen molar-refractivity contribution in [3.8, 4) is 0 Å². The van der Waals surface area contributed by atoms with Crippen LogP contribution in [0.15, 0.2) is 24.3 Å². The lowest BCUT2D eigenvalue weighted by atomic mass is 9.87. The summed E-state index contributed by atoms with van der Waals surface area (Å²) in [5.41, 5.74) is 1.06. The first-order valence-corrected chi connectivity index (χ1v) is 5.41. The van der Waals surface area contributed by atoms with Crippen molar-refractivity contribution in [2.45, 2.75) is 18.9 Å². The van der Waals surface area contributed by atoms with Gasteiger partial charge in [0.2, 0.25) is 0 Å². The summed E-state index contributed by atoms with van der Waals surface area (Å²) >= 11 is 0. The average Bonchev–Trinajstić information content (AvgIpc) is 2.30. The molecule has 3 heteroatoms. The quantitative estimate of drug-likeness (QED) is 0.779. The minimum Gasteiger partial charge on any atom is -0.396 e. The Labute approximate surface area is 89.1 Å². The lowest BCUT2D eigenvalue weighted by molar-refractivity contribution is 0.160. The summed E-state index contributed by atoms with van der Waals surface area (Å²) in [6.45, 7) is 1.16. The van der Waals surface area contributed by atoms with Gasteiger partial charge in [0.15, 0.2) is 0 Å². The van der Waals surface area contributed by atoms with Crippen molar-refractivity contribution in [1.82, 2.24) is 5.32 Å². The molecule has 2 atom stereocenters. The maximum atomic E-state index is 12.8. The second-order valence-electron chi connectivity index (χ2n) is 4.07. The highest BCUT2D eigenvalue weighted by molar-refractivity contribution is 5.21. The maximum Gasteiger partial charge on any atom is 0.123 e. The van der Waals surface area contributed by atoms with Crippen molar-refractivity contribution in [2.75, 3.05) is 13.2 Å². The number of hydrogen-bond donors (Lipinski definition) is 2. The molecule has 0 saturated carbocycles. The summed E-state index contributed by atoms with van der Waals surface area (Å²) < 4.78 is 12.8. The van der Waals surface area contributed by atoms with Crippen molar-refractivity contribution in [1.29, 1.82) is 0 Å². The van der Waals surface area contributed by atoms with Gasteiger partial charge in [0.25, 0.3) is 0 Å². The number of aliphatic hydroxyl groups is 1. The van der Waals surface area contributed by atoms with Crippen molar-refractivity contribution in [3.63, 3.8) is 0 Å². The van der Waals surface area contributed by atoms with E-state index in [-0.39, 0.29) is 24.4 Å². The van der Waals surface area contributed by atoms with Gasteiger partial charge in [0.1, 0.15) is 5.82 Å². The first-order chi connectivity index (χ1) is 7.31. The third-order valence-electron chi connectivity index (χ3n) is 3.05. The summed E-state index contributed by atoms with van der Waals surface area (Å²) in [4.78, 5) is 0. The van der Waals surface area contributed by atoms with Crippen LogP contribution >= 0.6 is 0 Å². The third-order valence-corrected chi connectivity index (χ3v) is 3.05. The van der Waals surface area contributed by atoms with Gasteiger partial charge in [-0.2, -0.15) is 0 Å². The molecule has 1 fully saturated rings. The van der Waals surface area contributed by atoms with Gasteiger partial charge in [-0.1, -0.05) is 12.1 Å². The van der Waals surface area contributed by atoms with Crippen LogP contribution in [-0.4, -0.2) is 18.3 Å². The summed E-state index contributed by atoms with van der Waals surface area (Å²) in [6, 6.07) is 6.70. The van der Waals surface area contributed by atoms with Gasteiger partial charge in [-0.25, -0.2) is 4.39 Å². The van der Waals surface area contributed by atoms with E-state index < -0.39 is 0 Å². The van der Waals surface area contributed by atoms with Crippen molar-refractivity contribution in [3.05, 3.63) is 35.6 Å². The number of aliphatic hydroxyl groups excluding tert-OH is 1. The molecule has 0 aliphatic carbocycles. The van der Waals surface area contributed by atoms with Crippen LogP contribution in [0.1, 0.15) is 24.4 Å². The van der Waals surface area contributed by atoms with Crippen LogP contribution in [0.25, 0.3) is 0 Å². The Balaban J connectivity index is 2.16. The number of nitrogens with one attached hydrogen (secondary N) is 1. The Kier molecular flexibility index (Phi) is 3.34. The molecule has 0 amide bonds. The van der Waals surface area contributed by atoms with Gasteiger partial charge < -0.3 is 10.4 Å². The number of benzene rings is 1. The fourth-order valence-electron chi connectivity index (χ4n) is 2.21. The zero-order chi connectivity index (χ0) is 10.7. The van der Waals surface area contributed by atoms with Gasteiger partial charge in [-0.05, 0) is 37.1 Å². The molecule has 1 aliphatic heterocycles. The van der Waals surface area contributed by atoms with E-state index in [0.29, 0.717) is 0 Å². The molecular weight excluding hydrogens is 193 g/mol. The molecule has 15 heavy (non-hydrogen) atoms. The summed E-state index contributed by atoms with van der Waals surface area (Å²) in [5.74, 6) is 0.0410. The maximum absolute atomic E-state index is 12.8. The average molecular weight is 209 g/mol. The molecule has 1 aromatic rings. The van der Waals surface area contributed by atoms with E-state index in [2.05, 4.69) is 5.32 Å². The van der Waals surface area contributed by atoms with Gasteiger partial charge >= 0.3 is 0 Å². The Bertz CT molecular complexity index is 312. The minimum atomic E-state index is -0.213. The highest BCUT2D eigenvalue weighted by Gasteiger charge is 2.25. The number of rotatable bonds is 2. The molecule has 0 spiro atoms. The molecule has 82 valence electrons. The van der Waals surface area contributed by atoms with Crippen LogP contribution < -0.4 is 5.32 Å². The molecule has 0 aromatic heterocycles. The second-order valence-corrected chi connectivity index (χ2v) is 4.07. The van der Waals surface area contributed by atoms with Crippen LogP contribution in [0.5, 0.6) is 0 Å². The number of hydrogen-bond acceptors (Lipinski definition) is 2. The highest BCUT2D eigenvalue weighted by Crippen LogP contribution is 2.28. The van der Waals surface area contributed by atoms with E-state index in [1.54, 1.807) is 12.1 Å². The van der Waals surface area contributed by atoms with Crippen LogP contribution in [-0.2, 0) is 0 Å².